The maximum Gasteiger partial charge on any atom is 0.224 e. The highest BCUT2D eigenvalue weighted by Gasteiger charge is 2.11. The number of benzene rings is 2. The van der Waals surface area contributed by atoms with E-state index in [0.717, 1.165) is 38.4 Å². The number of rotatable bonds is 6. The van der Waals surface area contributed by atoms with Crippen LogP contribution in [-0.2, 0) is 17.8 Å². The number of hydrogen-bond donors (Lipinski definition) is 3. The van der Waals surface area contributed by atoms with Gasteiger partial charge in [0.25, 0.3) is 0 Å². The standard InChI is InChI=1S/C20H19N5O2S/c1-27-15-5-3-13(4-6-15)19-14(11-23-25-19)10-22-18(26)9-12-2-7-16-17(8-12)28-20(21)24-16/h2-8,11H,9-10H2,1H3,(H2,21,24)(H,22,26)(H,23,25). The second-order valence-corrected chi connectivity index (χ2v) is 7.37. The Balaban J connectivity index is 1.41. The smallest absolute Gasteiger partial charge is 0.224 e. The van der Waals surface area contributed by atoms with Crippen molar-refractivity contribution in [2.75, 3.05) is 12.8 Å². The molecule has 0 bridgehead atoms. The third-order valence-corrected chi connectivity index (χ3v) is 5.25. The summed E-state index contributed by atoms with van der Waals surface area (Å²) in [6.07, 6.45) is 2.02. The molecule has 4 N–H and O–H groups in total. The molecule has 28 heavy (non-hydrogen) atoms. The lowest BCUT2D eigenvalue weighted by Crippen LogP contribution is -2.24. The average Bonchev–Trinajstić information content (AvgIpc) is 3.31. The Labute approximate surface area is 165 Å². The summed E-state index contributed by atoms with van der Waals surface area (Å²) in [7, 11) is 1.63. The van der Waals surface area contributed by atoms with Gasteiger partial charge in [0.05, 0.1) is 35.6 Å². The van der Waals surface area contributed by atoms with Gasteiger partial charge in [-0.15, -0.1) is 0 Å². The fourth-order valence-electron chi connectivity index (χ4n) is 2.99. The van der Waals surface area contributed by atoms with E-state index >= 15 is 0 Å². The molecule has 1 amide bonds. The van der Waals surface area contributed by atoms with Crippen molar-refractivity contribution in [2.45, 2.75) is 13.0 Å². The molecular formula is C20H19N5O2S. The number of carbonyl (C=O) groups is 1. The van der Waals surface area contributed by atoms with Crippen LogP contribution >= 0.6 is 11.3 Å². The fourth-order valence-corrected chi connectivity index (χ4v) is 3.79. The molecule has 0 unspecified atom stereocenters. The van der Waals surface area contributed by atoms with E-state index in [1.165, 1.54) is 11.3 Å². The minimum atomic E-state index is -0.0567. The van der Waals surface area contributed by atoms with Gasteiger partial charge in [0.1, 0.15) is 5.75 Å². The number of ether oxygens (including phenoxy) is 1. The van der Waals surface area contributed by atoms with Gasteiger partial charge in [-0.2, -0.15) is 5.10 Å². The van der Waals surface area contributed by atoms with E-state index in [1.807, 2.05) is 42.5 Å². The van der Waals surface area contributed by atoms with Gasteiger partial charge in [-0.1, -0.05) is 17.4 Å². The first-order chi connectivity index (χ1) is 13.6. The molecule has 0 aliphatic carbocycles. The summed E-state index contributed by atoms with van der Waals surface area (Å²) in [5.41, 5.74) is 10.3. The molecule has 4 rings (SSSR count). The number of carbonyl (C=O) groups excluding carboxylic acids is 1. The Morgan fingerprint density at radius 2 is 2.07 bits per heavy atom. The fraction of sp³-hybridized carbons (Fsp3) is 0.150. The van der Waals surface area contributed by atoms with Crippen LogP contribution in [0.25, 0.3) is 21.5 Å². The monoisotopic (exact) mass is 393 g/mol. The number of hydrogen-bond acceptors (Lipinski definition) is 6. The number of nitrogens with two attached hydrogens (primary N) is 1. The van der Waals surface area contributed by atoms with Crippen LogP contribution in [0.3, 0.4) is 0 Å². The largest absolute Gasteiger partial charge is 0.497 e. The molecule has 0 spiro atoms. The summed E-state index contributed by atoms with van der Waals surface area (Å²) in [6, 6.07) is 13.4. The molecule has 0 aliphatic heterocycles. The first kappa shape index (κ1) is 18.0. The van der Waals surface area contributed by atoms with Gasteiger partial charge in [0.2, 0.25) is 5.91 Å². The van der Waals surface area contributed by atoms with Crippen molar-refractivity contribution in [3.05, 3.63) is 59.8 Å². The summed E-state index contributed by atoms with van der Waals surface area (Å²) in [5.74, 6) is 0.733. The Kier molecular flexibility index (Phi) is 4.94. The Morgan fingerprint density at radius 3 is 2.86 bits per heavy atom. The van der Waals surface area contributed by atoms with Gasteiger partial charge in [0.15, 0.2) is 5.13 Å². The van der Waals surface area contributed by atoms with Crippen molar-refractivity contribution < 1.29 is 9.53 Å². The second-order valence-electron chi connectivity index (χ2n) is 6.31. The number of aromatic nitrogens is 3. The average molecular weight is 393 g/mol. The molecule has 0 saturated carbocycles. The molecule has 7 nitrogen and oxygen atoms in total. The summed E-state index contributed by atoms with van der Waals surface area (Å²) >= 11 is 1.42. The molecule has 2 aromatic carbocycles. The number of nitrogens with zero attached hydrogens (tertiary/aromatic N) is 2. The van der Waals surface area contributed by atoms with Gasteiger partial charge in [-0.3, -0.25) is 9.89 Å². The molecule has 0 aliphatic rings. The number of anilines is 1. The molecule has 4 aromatic rings. The highest BCUT2D eigenvalue weighted by molar-refractivity contribution is 7.22. The Hall–Kier alpha value is -3.39. The molecule has 0 atom stereocenters. The van der Waals surface area contributed by atoms with Crippen molar-refractivity contribution in [2.24, 2.45) is 0 Å². The van der Waals surface area contributed by atoms with E-state index in [0.29, 0.717) is 18.1 Å². The van der Waals surface area contributed by atoms with Crippen LogP contribution in [0.4, 0.5) is 5.13 Å². The summed E-state index contributed by atoms with van der Waals surface area (Å²) < 4.78 is 6.17. The molecule has 0 saturated heterocycles. The number of thiazole rings is 1. The predicted molar refractivity (Wildman–Crippen MR) is 110 cm³/mol. The third-order valence-electron chi connectivity index (χ3n) is 4.41. The molecule has 142 valence electrons. The van der Waals surface area contributed by atoms with Crippen molar-refractivity contribution in [1.82, 2.24) is 20.5 Å². The summed E-state index contributed by atoms with van der Waals surface area (Å²) in [4.78, 5) is 16.6. The molecule has 2 aromatic heterocycles. The van der Waals surface area contributed by atoms with Crippen LogP contribution in [0.2, 0.25) is 0 Å². The van der Waals surface area contributed by atoms with E-state index in [4.69, 9.17) is 10.5 Å². The quantitative estimate of drug-likeness (QED) is 0.467. The maximum atomic E-state index is 12.4. The van der Waals surface area contributed by atoms with Crippen LogP contribution < -0.4 is 15.8 Å². The van der Waals surface area contributed by atoms with Gasteiger partial charge in [0, 0.05) is 17.7 Å². The zero-order valence-electron chi connectivity index (χ0n) is 15.2. The number of fused-ring (bicyclic) bond motifs is 1. The van der Waals surface area contributed by atoms with E-state index in [1.54, 1.807) is 13.3 Å². The van der Waals surface area contributed by atoms with Crippen LogP contribution in [0.5, 0.6) is 5.75 Å². The Morgan fingerprint density at radius 1 is 1.25 bits per heavy atom. The maximum absolute atomic E-state index is 12.4. The molecule has 0 radical (unpaired) electrons. The van der Waals surface area contributed by atoms with Crippen LogP contribution in [0.15, 0.2) is 48.7 Å². The van der Waals surface area contributed by atoms with E-state index in [9.17, 15) is 4.79 Å². The minimum absolute atomic E-state index is 0.0567. The summed E-state index contributed by atoms with van der Waals surface area (Å²) in [5, 5.41) is 10.6. The predicted octanol–water partition coefficient (Wildman–Crippen LogP) is 3.14. The minimum Gasteiger partial charge on any atom is -0.497 e. The van der Waals surface area contributed by atoms with E-state index in [-0.39, 0.29) is 5.91 Å². The lowest BCUT2D eigenvalue weighted by atomic mass is 10.1. The van der Waals surface area contributed by atoms with Crippen LogP contribution in [-0.4, -0.2) is 28.2 Å². The molecule has 2 heterocycles. The topological polar surface area (TPSA) is 106 Å². The zero-order chi connectivity index (χ0) is 19.5. The van der Waals surface area contributed by atoms with Crippen LogP contribution in [0.1, 0.15) is 11.1 Å². The number of nitrogen functional groups attached to an aromatic ring is 1. The number of nitrogens with one attached hydrogen (secondary N) is 2. The lowest BCUT2D eigenvalue weighted by molar-refractivity contribution is -0.120. The highest BCUT2D eigenvalue weighted by Crippen LogP contribution is 2.25. The van der Waals surface area contributed by atoms with Gasteiger partial charge in [-0.05, 0) is 42.0 Å². The molecule has 0 fully saturated rings. The lowest BCUT2D eigenvalue weighted by Gasteiger charge is -2.07. The number of amides is 1. The van der Waals surface area contributed by atoms with E-state index in [2.05, 4.69) is 20.5 Å². The van der Waals surface area contributed by atoms with Gasteiger partial charge < -0.3 is 15.8 Å². The molecular weight excluding hydrogens is 374 g/mol. The SMILES string of the molecule is COc1ccc(-c2[nH]ncc2CNC(=O)Cc2ccc3nc(N)sc3c2)cc1. The van der Waals surface area contributed by atoms with Crippen molar-refractivity contribution in [3.8, 4) is 17.0 Å². The first-order valence-corrected chi connectivity index (χ1v) is 9.52. The van der Waals surface area contributed by atoms with E-state index < -0.39 is 0 Å². The second kappa shape index (κ2) is 7.69. The van der Waals surface area contributed by atoms with Crippen molar-refractivity contribution in [3.63, 3.8) is 0 Å². The highest BCUT2D eigenvalue weighted by atomic mass is 32.1. The number of H-pyrrole nitrogens is 1. The number of aromatic amines is 1. The molecule has 8 heteroatoms. The van der Waals surface area contributed by atoms with Crippen LogP contribution in [0, 0.1) is 0 Å². The summed E-state index contributed by atoms with van der Waals surface area (Å²) in [6.45, 7) is 0.395. The zero-order valence-corrected chi connectivity index (χ0v) is 16.0. The first-order valence-electron chi connectivity index (χ1n) is 8.70. The van der Waals surface area contributed by atoms with Crippen molar-refractivity contribution in [1.29, 1.82) is 0 Å². The van der Waals surface area contributed by atoms with Crippen molar-refractivity contribution >= 4 is 32.6 Å². The number of methoxy groups -OCH3 is 1. The third kappa shape index (κ3) is 3.81. The normalized spacial score (nSPS) is 10.9. The Bertz CT molecular complexity index is 1120. The van der Waals surface area contributed by atoms with Gasteiger partial charge in [-0.25, -0.2) is 4.98 Å². The van der Waals surface area contributed by atoms with Gasteiger partial charge >= 0.3 is 0 Å².